The highest BCUT2D eigenvalue weighted by Crippen LogP contribution is 2.24. The molecule has 0 amide bonds. The third kappa shape index (κ3) is 3.43. The summed E-state index contributed by atoms with van der Waals surface area (Å²) in [6.07, 6.45) is 4.12. The summed E-state index contributed by atoms with van der Waals surface area (Å²) in [6, 6.07) is 3.93. The van der Waals surface area contributed by atoms with Crippen LogP contribution in [0, 0.1) is 0 Å². The summed E-state index contributed by atoms with van der Waals surface area (Å²) in [6.45, 7) is 1.44. The minimum absolute atomic E-state index is 0.377. The second-order valence-corrected chi connectivity index (χ2v) is 4.43. The zero-order chi connectivity index (χ0) is 13.0. The van der Waals surface area contributed by atoms with E-state index in [0.717, 1.165) is 12.6 Å². The molecule has 0 radical (unpaired) electrons. The fraction of sp³-hybridized carbons (Fsp3) is 0.538. The Morgan fingerprint density at radius 1 is 1.56 bits per heavy atom. The SMILES string of the molecule is COC(=O)c1ccnc(OCCN(C)C2CC2)c1. The molecule has 0 bridgehead atoms. The molecular weight excluding hydrogens is 232 g/mol. The van der Waals surface area contributed by atoms with Crippen LogP contribution in [-0.2, 0) is 4.74 Å². The molecule has 1 aromatic rings. The minimum atomic E-state index is -0.377. The number of ether oxygens (including phenoxy) is 2. The number of pyridine rings is 1. The van der Waals surface area contributed by atoms with Gasteiger partial charge in [0.05, 0.1) is 12.7 Å². The molecule has 2 rings (SSSR count). The molecule has 0 spiro atoms. The van der Waals surface area contributed by atoms with Crippen molar-refractivity contribution in [3.63, 3.8) is 0 Å². The third-order valence-corrected chi connectivity index (χ3v) is 3.02. The molecule has 1 saturated carbocycles. The Bertz CT molecular complexity index is 418. The highest BCUT2D eigenvalue weighted by atomic mass is 16.5. The van der Waals surface area contributed by atoms with E-state index in [1.54, 1.807) is 18.3 Å². The Labute approximate surface area is 107 Å². The lowest BCUT2D eigenvalue weighted by atomic mass is 10.3. The van der Waals surface area contributed by atoms with Gasteiger partial charge in [0.2, 0.25) is 5.88 Å². The summed E-state index contributed by atoms with van der Waals surface area (Å²) >= 11 is 0. The zero-order valence-corrected chi connectivity index (χ0v) is 10.8. The number of rotatable bonds is 6. The van der Waals surface area contributed by atoms with Crippen LogP contribution in [0.4, 0.5) is 0 Å². The van der Waals surface area contributed by atoms with Crippen LogP contribution < -0.4 is 4.74 Å². The van der Waals surface area contributed by atoms with Gasteiger partial charge < -0.3 is 14.4 Å². The van der Waals surface area contributed by atoms with Gasteiger partial charge in [-0.2, -0.15) is 0 Å². The fourth-order valence-corrected chi connectivity index (χ4v) is 1.73. The van der Waals surface area contributed by atoms with Crippen LogP contribution in [-0.4, -0.2) is 49.2 Å². The molecule has 0 atom stereocenters. The molecule has 0 unspecified atom stereocenters. The minimum Gasteiger partial charge on any atom is -0.476 e. The maximum absolute atomic E-state index is 11.3. The number of likely N-dealkylation sites (N-methyl/N-ethyl adjacent to an activating group) is 1. The van der Waals surface area contributed by atoms with E-state index >= 15 is 0 Å². The van der Waals surface area contributed by atoms with Crippen LogP contribution in [0.5, 0.6) is 5.88 Å². The van der Waals surface area contributed by atoms with Crippen molar-refractivity contribution in [2.75, 3.05) is 27.3 Å². The van der Waals surface area contributed by atoms with E-state index in [1.807, 2.05) is 0 Å². The molecule has 98 valence electrons. The number of methoxy groups -OCH3 is 1. The molecule has 18 heavy (non-hydrogen) atoms. The largest absolute Gasteiger partial charge is 0.476 e. The lowest BCUT2D eigenvalue weighted by Gasteiger charge is -2.15. The Kier molecular flexibility index (Phi) is 4.15. The number of esters is 1. The van der Waals surface area contributed by atoms with Crippen LogP contribution in [0.1, 0.15) is 23.2 Å². The highest BCUT2D eigenvalue weighted by molar-refractivity contribution is 5.89. The normalized spacial score (nSPS) is 14.6. The standard InChI is InChI=1S/C13H18N2O3/c1-15(11-3-4-11)7-8-18-12-9-10(5-6-14-12)13(16)17-2/h5-6,9,11H,3-4,7-8H2,1-2H3. The number of carbonyl (C=O) groups excluding carboxylic acids is 1. The van der Waals surface area contributed by atoms with Crippen LogP contribution in [0.15, 0.2) is 18.3 Å². The van der Waals surface area contributed by atoms with Crippen molar-refractivity contribution in [1.29, 1.82) is 0 Å². The Morgan fingerprint density at radius 2 is 2.33 bits per heavy atom. The van der Waals surface area contributed by atoms with Gasteiger partial charge in [-0.1, -0.05) is 0 Å². The molecule has 1 aromatic heterocycles. The zero-order valence-electron chi connectivity index (χ0n) is 10.8. The number of hydrogen-bond donors (Lipinski definition) is 0. The summed E-state index contributed by atoms with van der Waals surface area (Å²) in [5.41, 5.74) is 0.457. The first kappa shape index (κ1) is 12.8. The van der Waals surface area contributed by atoms with Crippen molar-refractivity contribution < 1.29 is 14.3 Å². The molecule has 0 N–H and O–H groups in total. The van der Waals surface area contributed by atoms with Crippen LogP contribution in [0.3, 0.4) is 0 Å². The predicted molar refractivity (Wildman–Crippen MR) is 66.7 cm³/mol. The quantitative estimate of drug-likeness (QED) is 0.713. The molecule has 1 fully saturated rings. The maximum Gasteiger partial charge on any atom is 0.338 e. The van der Waals surface area contributed by atoms with Crippen LogP contribution in [0.2, 0.25) is 0 Å². The van der Waals surface area contributed by atoms with Gasteiger partial charge in [-0.15, -0.1) is 0 Å². The summed E-state index contributed by atoms with van der Waals surface area (Å²) in [7, 11) is 3.45. The molecule has 1 aliphatic carbocycles. The van der Waals surface area contributed by atoms with E-state index < -0.39 is 0 Å². The van der Waals surface area contributed by atoms with Gasteiger partial charge in [-0.3, -0.25) is 0 Å². The number of carbonyl (C=O) groups is 1. The number of nitrogens with zero attached hydrogens (tertiary/aromatic N) is 2. The van der Waals surface area contributed by atoms with Crippen LogP contribution in [0.25, 0.3) is 0 Å². The molecule has 5 nitrogen and oxygen atoms in total. The Balaban J connectivity index is 1.83. The van der Waals surface area contributed by atoms with Gasteiger partial charge in [0.1, 0.15) is 6.61 Å². The van der Waals surface area contributed by atoms with Crippen molar-refractivity contribution >= 4 is 5.97 Å². The van der Waals surface area contributed by atoms with Gasteiger partial charge >= 0.3 is 5.97 Å². The lowest BCUT2D eigenvalue weighted by molar-refractivity contribution is 0.0600. The summed E-state index contributed by atoms with van der Waals surface area (Å²) in [5, 5.41) is 0. The van der Waals surface area contributed by atoms with E-state index in [4.69, 9.17) is 4.74 Å². The smallest absolute Gasteiger partial charge is 0.338 e. The first-order valence-electron chi connectivity index (χ1n) is 6.08. The molecule has 1 heterocycles. The van der Waals surface area contributed by atoms with Gasteiger partial charge in [-0.25, -0.2) is 9.78 Å². The second-order valence-electron chi connectivity index (χ2n) is 4.43. The van der Waals surface area contributed by atoms with Crippen molar-refractivity contribution in [3.05, 3.63) is 23.9 Å². The number of hydrogen-bond acceptors (Lipinski definition) is 5. The van der Waals surface area contributed by atoms with Gasteiger partial charge in [0.25, 0.3) is 0 Å². The average molecular weight is 250 g/mol. The predicted octanol–water partition coefficient (Wildman–Crippen LogP) is 1.34. The molecular formula is C13H18N2O3. The monoisotopic (exact) mass is 250 g/mol. The maximum atomic E-state index is 11.3. The van der Waals surface area contributed by atoms with E-state index in [0.29, 0.717) is 18.1 Å². The summed E-state index contributed by atoms with van der Waals surface area (Å²) in [4.78, 5) is 17.7. The Hall–Kier alpha value is -1.62. The fourth-order valence-electron chi connectivity index (χ4n) is 1.73. The van der Waals surface area contributed by atoms with Crippen molar-refractivity contribution in [1.82, 2.24) is 9.88 Å². The van der Waals surface area contributed by atoms with Crippen LogP contribution >= 0.6 is 0 Å². The van der Waals surface area contributed by atoms with Gasteiger partial charge in [0, 0.05) is 24.8 Å². The van der Waals surface area contributed by atoms with Crippen molar-refractivity contribution in [2.45, 2.75) is 18.9 Å². The molecule has 0 saturated heterocycles. The third-order valence-electron chi connectivity index (χ3n) is 3.02. The molecule has 1 aliphatic rings. The van der Waals surface area contributed by atoms with Crippen molar-refractivity contribution in [2.24, 2.45) is 0 Å². The van der Waals surface area contributed by atoms with Gasteiger partial charge in [-0.05, 0) is 26.0 Å². The second kappa shape index (κ2) is 5.82. The van der Waals surface area contributed by atoms with E-state index in [2.05, 4.69) is 21.7 Å². The summed E-state index contributed by atoms with van der Waals surface area (Å²) in [5.74, 6) is 0.0828. The van der Waals surface area contributed by atoms with E-state index in [9.17, 15) is 4.79 Å². The van der Waals surface area contributed by atoms with Gasteiger partial charge in [0.15, 0.2) is 0 Å². The first-order chi connectivity index (χ1) is 8.70. The van der Waals surface area contributed by atoms with E-state index in [1.165, 1.54) is 20.0 Å². The highest BCUT2D eigenvalue weighted by Gasteiger charge is 2.25. The Morgan fingerprint density at radius 3 is 3.00 bits per heavy atom. The molecule has 0 aromatic carbocycles. The average Bonchev–Trinajstić information content (AvgIpc) is 3.22. The molecule has 0 aliphatic heterocycles. The first-order valence-corrected chi connectivity index (χ1v) is 6.08. The summed E-state index contributed by atoms with van der Waals surface area (Å²) < 4.78 is 10.2. The molecule has 5 heteroatoms. The topological polar surface area (TPSA) is 51.7 Å². The van der Waals surface area contributed by atoms with Crippen molar-refractivity contribution in [3.8, 4) is 5.88 Å². The number of aromatic nitrogens is 1. The lowest BCUT2D eigenvalue weighted by Crippen LogP contribution is -2.26. The van der Waals surface area contributed by atoms with E-state index in [-0.39, 0.29) is 5.97 Å².